The molecule has 34 heavy (non-hydrogen) atoms. The Balaban J connectivity index is 1.69. The molecule has 1 atom stereocenters. The third-order valence-electron chi connectivity index (χ3n) is 6.41. The van der Waals surface area contributed by atoms with Crippen LogP contribution < -0.4 is 10.4 Å². The molecule has 1 fully saturated rings. The van der Waals surface area contributed by atoms with Gasteiger partial charge in [-0.3, -0.25) is 14.1 Å². The van der Waals surface area contributed by atoms with Crippen molar-refractivity contribution in [1.82, 2.24) is 24.0 Å². The van der Waals surface area contributed by atoms with Crippen molar-refractivity contribution in [1.29, 1.82) is 0 Å². The lowest BCUT2D eigenvalue weighted by molar-refractivity contribution is -0.0977. The van der Waals surface area contributed by atoms with E-state index in [-0.39, 0.29) is 19.1 Å². The van der Waals surface area contributed by atoms with Gasteiger partial charge < -0.3 is 9.64 Å². The number of halogens is 2. The molecule has 4 aromatic rings. The standard InChI is InChI=1S/C25H27F2N5O2/c1-15(2)34-22-8-6-17(12-29-22)16-5-7-19-18(11-16)23-20(13-28-19)31(4)24(33)32(23)21-9-10-30(3)14-25(21,26)27/h5-8,11-13,15,21H,9-10,14H2,1-4H3. The molecule has 1 aliphatic heterocycles. The summed E-state index contributed by atoms with van der Waals surface area (Å²) in [7, 11) is 3.27. The van der Waals surface area contributed by atoms with Crippen molar-refractivity contribution in [2.75, 3.05) is 20.1 Å². The van der Waals surface area contributed by atoms with Crippen LogP contribution in [0.5, 0.6) is 5.88 Å². The van der Waals surface area contributed by atoms with Gasteiger partial charge >= 0.3 is 5.69 Å². The van der Waals surface area contributed by atoms with Crippen LogP contribution in [0.2, 0.25) is 0 Å². The number of aryl methyl sites for hydroxylation is 1. The Hall–Kier alpha value is -3.33. The predicted molar refractivity (Wildman–Crippen MR) is 128 cm³/mol. The molecular weight excluding hydrogens is 440 g/mol. The first kappa shape index (κ1) is 22.5. The molecule has 5 rings (SSSR count). The Morgan fingerprint density at radius 1 is 1.09 bits per heavy atom. The fourth-order valence-corrected chi connectivity index (χ4v) is 4.77. The minimum Gasteiger partial charge on any atom is -0.475 e. The van der Waals surface area contributed by atoms with Crippen molar-refractivity contribution < 1.29 is 13.5 Å². The van der Waals surface area contributed by atoms with Crippen molar-refractivity contribution in [3.8, 4) is 17.0 Å². The van der Waals surface area contributed by atoms with Gasteiger partial charge in [-0.25, -0.2) is 18.6 Å². The van der Waals surface area contributed by atoms with E-state index >= 15 is 8.78 Å². The summed E-state index contributed by atoms with van der Waals surface area (Å²) in [6.07, 6.45) is 3.51. The summed E-state index contributed by atoms with van der Waals surface area (Å²) >= 11 is 0. The highest BCUT2D eigenvalue weighted by atomic mass is 19.3. The van der Waals surface area contributed by atoms with Crippen molar-refractivity contribution in [2.45, 2.75) is 38.3 Å². The van der Waals surface area contributed by atoms with Gasteiger partial charge in [-0.2, -0.15) is 0 Å². The summed E-state index contributed by atoms with van der Waals surface area (Å²) in [5, 5.41) is 0.657. The van der Waals surface area contributed by atoms with Crippen molar-refractivity contribution in [3.05, 3.63) is 53.2 Å². The smallest absolute Gasteiger partial charge is 0.329 e. The third-order valence-corrected chi connectivity index (χ3v) is 6.41. The summed E-state index contributed by atoms with van der Waals surface area (Å²) in [4.78, 5) is 23.7. The lowest BCUT2D eigenvalue weighted by Crippen LogP contribution is -2.49. The van der Waals surface area contributed by atoms with Gasteiger partial charge in [0.05, 0.1) is 35.4 Å². The Labute approximate surface area is 195 Å². The van der Waals surface area contributed by atoms with Gasteiger partial charge in [0.25, 0.3) is 5.92 Å². The van der Waals surface area contributed by atoms with Gasteiger partial charge in [0, 0.05) is 36.8 Å². The number of hydrogen-bond acceptors (Lipinski definition) is 5. The summed E-state index contributed by atoms with van der Waals surface area (Å²) in [5.41, 5.74) is 2.90. The van der Waals surface area contributed by atoms with Crippen LogP contribution >= 0.6 is 0 Å². The number of nitrogens with zero attached hydrogens (tertiary/aromatic N) is 5. The average molecular weight is 468 g/mol. The fourth-order valence-electron chi connectivity index (χ4n) is 4.77. The molecule has 1 saturated heterocycles. The van der Waals surface area contributed by atoms with Crippen LogP contribution in [0.25, 0.3) is 33.1 Å². The molecule has 0 bridgehead atoms. The Morgan fingerprint density at radius 2 is 1.85 bits per heavy atom. The van der Waals surface area contributed by atoms with E-state index in [0.717, 1.165) is 11.1 Å². The highest BCUT2D eigenvalue weighted by molar-refractivity contribution is 6.04. The van der Waals surface area contributed by atoms with E-state index in [4.69, 9.17) is 4.74 Å². The Kier molecular flexibility index (Phi) is 5.39. The number of piperidine rings is 1. The number of benzene rings is 1. The first-order chi connectivity index (χ1) is 16.2. The first-order valence-corrected chi connectivity index (χ1v) is 11.3. The van der Waals surface area contributed by atoms with Gasteiger partial charge in [-0.05, 0) is 51.1 Å². The van der Waals surface area contributed by atoms with E-state index < -0.39 is 17.7 Å². The second kappa shape index (κ2) is 8.16. The number of likely N-dealkylation sites (tertiary alicyclic amines) is 1. The van der Waals surface area contributed by atoms with E-state index in [1.807, 2.05) is 38.1 Å². The molecule has 178 valence electrons. The van der Waals surface area contributed by atoms with Crippen molar-refractivity contribution >= 4 is 21.9 Å². The molecule has 0 N–H and O–H groups in total. The van der Waals surface area contributed by atoms with E-state index in [2.05, 4.69) is 9.97 Å². The summed E-state index contributed by atoms with van der Waals surface area (Å²) in [6, 6.07) is 8.14. The molecule has 9 heteroatoms. The number of fused-ring (bicyclic) bond motifs is 3. The average Bonchev–Trinajstić information content (AvgIpc) is 3.03. The molecule has 0 amide bonds. The topological polar surface area (TPSA) is 65.2 Å². The Morgan fingerprint density at radius 3 is 2.53 bits per heavy atom. The van der Waals surface area contributed by atoms with E-state index in [1.54, 1.807) is 37.5 Å². The summed E-state index contributed by atoms with van der Waals surface area (Å²) in [5.74, 6) is -2.50. The molecular formula is C25H27F2N5O2. The van der Waals surface area contributed by atoms with Crippen LogP contribution in [0.1, 0.15) is 26.3 Å². The number of alkyl halides is 2. The molecule has 1 aromatic carbocycles. The number of pyridine rings is 2. The lowest BCUT2D eigenvalue weighted by atomic mass is 10.00. The zero-order valence-corrected chi connectivity index (χ0v) is 19.6. The number of aromatic nitrogens is 4. The van der Waals surface area contributed by atoms with Gasteiger partial charge in [-0.15, -0.1) is 0 Å². The van der Waals surface area contributed by atoms with Crippen LogP contribution in [0.4, 0.5) is 8.78 Å². The molecule has 0 spiro atoms. The molecule has 0 radical (unpaired) electrons. The van der Waals surface area contributed by atoms with Gasteiger partial charge in [0.2, 0.25) is 5.88 Å². The quantitative estimate of drug-likeness (QED) is 0.449. The Bertz CT molecular complexity index is 1430. The zero-order valence-electron chi connectivity index (χ0n) is 19.6. The highest BCUT2D eigenvalue weighted by Crippen LogP contribution is 2.39. The molecule has 7 nitrogen and oxygen atoms in total. The number of rotatable bonds is 4. The van der Waals surface area contributed by atoms with Crippen LogP contribution in [-0.4, -0.2) is 56.2 Å². The number of imidazole rings is 1. The molecule has 4 heterocycles. The zero-order chi connectivity index (χ0) is 24.2. The monoisotopic (exact) mass is 467 g/mol. The summed E-state index contributed by atoms with van der Waals surface area (Å²) in [6.45, 7) is 3.98. The minimum atomic E-state index is -3.03. The SMILES string of the molecule is CC(C)Oc1ccc(-c2ccc3ncc4c(c3c2)n(C2CCN(C)CC2(F)F)c(=O)n4C)cn1. The second-order valence-electron chi connectivity index (χ2n) is 9.29. The minimum absolute atomic E-state index is 0.0193. The maximum Gasteiger partial charge on any atom is 0.329 e. The molecule has 0 saturated carbocycles. The van der Waals surface area contributed by atoms with Gasteiger partial charge in [-0.1, -0.05) is 6.07 Å². The van der Waals surface area contributed by atoms with Crippen LogP contribution in [0.15, 0.2) is 47.5 Å². The largest absolute Gasteiger partial charge is 0.475 e. The maximum absolute atomic E-state index is 15.1. The number of ether oxygens (including phenoxy) is 1. The lowest BCUT2D eigenvalue weighted by Gasteiger charge is -2.37. The number of hydrogen-bond donors (Lipinski definition) is 0. The molecule has 3 aromatic heterocycles. The molecule has 1 aliphatic rings. The van der Waals surface area contributed by atoms with E-state index in [1.165, 1.54) is 9.13 Å². The maximum atomic E-state index is 15.1. The molecule has 1 unspecified atom stereocenters. The van der Waals surface area contributed by atoms with Gasteiger partial charge in [0.15, 0.2) is 0 Å². The van der Waals surface area contributed by atoms with E-state index in [9.17, 15) is 4.79 Å². The predicted octanol–water partition coefficient (Wildman–Crippen LogP) is 4.25. The summed E-state index contributed by atoms with van der Waals surface area (Å²) < 4.78 is 38.6. The van der Waals surface area contributed by atoms with Crippen LogP contribution in [0, 0.1) is 0 Å². The normalized spacial score (nSPS) is 18.7. The van der Waals surface area contributed by atoms with Crippen molar-refractivity contribution in [3.63, 3.8) is 0 Å². The fraction of sp³-hybridized carbons (Fsp3) is 0.400. The highest BCUT2D eigenvalue weighted by Gasteiger charge is 2.46. The van der Waals surface area contributed by atoms with Crippen LogP contribution in [0.3, 0.4) is 0 Å². The van der Waals surface area contributed by atoms with Crippen molar-refractivity contribution in [2.24, 2.45) is 7.05 Å². The van der Waals surface area contributed by atoms with Crippen LogP contribution in [-0.2, 0) is 7.05 Å². The van der Waals surface area contributed by atoms with E-state index in [0.29, 0.717) is 34.4 Å². The first-order valence-electron chi connectivity index (χ1n) is 11.3. The molecule has 0 aliphatic carbocycles. The van der Waals surface area contributed by atoms with Gasteiger partial charge in [0.1, 0.15) is 6.04 Å². The second-order valence-corrected chi connectivity index (χ2v) is 9.29. The third kappa shape index (κ3) is 3.73.